The van der Waals surface area contributed by atoms with Gasteiger partial charge in [0, 0.05) is 44.3 Å². The molecule has 39 heavy (non-hydrogen) atoms. The lowest BCUT2D eigenvalue weighted by atomic mass is 10.2. The van der Waals surface area contributed by atoms with Gasteiger partial charge < -0.3 is 19.9 Å². The highest BCUT2D eigenvalue weighted by molar-refractivity contribution is 7.12. The first kappa shape index (κ1) is 26.4. The van der Waals surface area contributed by atoms with Crippen LogP contribution in [0.25, 0.3) is 16.2 Å². The number of anilines is 2. The number of pyridine rings is 1. The minimum Gasteiger partial charge on any atom is -0.444 e. The zero-order chi connectivity index (χ0) is 27.7. The summed E-state index contributed by atoms with van der Waals surface area (Å²) in [5, 5.41) is 5.00. The average molecular weight is 550 g/mol. The van der Waals surface area contributed by atoms with Crippen LogP contribution in [0.15, 0.2) is 52.9 Å². The van der Waals surface area contributed by atoms with Crippen LogP contribution in [0.2, 0.25) is 0 Å². The van der Waals surface area contributed by atoms with E-state index in [1.807, 2.05) is 58.0 Å². The van der Waals surface area contributed by atoms with E-state index in [-0.39, 0.29) is 17.5 Å². The molecule has 0 saturated carbocycles. The summed E-state index contributed by atoms with van der Waals surface area (Å²) in [7, 11) is 0. The number of rotatable bonds is 5. The summed E-state index contributed by atoms with van der Waals surface area (Å²) in [5.74, 6) is -0.397. The van der Waals surface area contributed by atoms with Gasteiger partial charge in [-0.05, 0) is 45.9 Å². The molecule has 1 fully saturated rings. The zero-order valence-corrected chi connectivity index (χ0v) is 23.2. The first-order valence-corrected chi connectivity index (χ1v) is 13.7. The molecule has 5 rings (SSSR count). The molecule has 0 atom stereocenters. The van der Waals surface area contributed by atoms with Gasteiger partial charge in [0.2, 0.25) is 0 Å². The van der Waals surface area contributed by atoms with Crippen LogP contribution in [0.3, 0.4) is 0 Å². The van der Waals surface area contributed by atoms with Crippen LogP contribution in [-0.2, 0) is 11.3 Å². The second-order valence-electron chi connectivity index (χ2n) is 10.2. The Morgan fingerprint density at radius 2 is 1.79 bits per heavy atom. The second kappa shape index (κ2) is 10.5. The molecular formula is C27H31N7O4S. The minimum absolute atomic E-state index is 0.194. The summed E-state index contributed by atoms with van der Waals surface area (Å²) >= 11 is 1.24. The normalized spacial score (nSPS) is 14.1. The van der Waals surface area contributed by atoms with Crippen LogP contribution < -0.4 is 15.9 Å². The molecule has 1 N–H and O–H groups in total. The molecule has 0 bridgehead atoms. The molecule has 0 radical (unpaired) electrons. The molecule has 1 aliphatic heterocycles. The number of ether oxygens (including phenoxy) is 1. The summed E-state index contributed by atoms with van der Waals surface area (Å²) in [6, 6.07) is 9.37. The first-order chi connectivity index (χ1) is 18.7. The van der Waals surface area contributed by atoms with Gasteiger partial charge in [0.25, 0.3) is 5.91 Å². The maximum absolute atomic E-state index is 13.2. The van der Waals surface area contributed by atoms with Crippen molar-refractivity contribution < 1.29 is 14.3 Å². The number of hydrogen-bond acceptors (Lipinski definition) is 8. The maximum atomic E-state index is 13.2. The van der Waals surface area contributed by atoms with Gasteiger partial charge in [0.1, 0.15) is 11.3 Å². The average Bonchev–Trinajstić information content (AvgIpc) is 3.50. The summed E-state index contributed by atoms with van der Waals surface area (Å²) in [5.41, 5.74) is 2.37. The number of imidazole rings is 1. The number of carbonyl (C=O) groups excluding carboxylic acids is 2. The van der Waals surface area contributed by atoms with Gasteiger partial charge >= 0.3 is 11.8 Å². The quantitative estimate of drug-likeness (QED) is 0.401. The van der Waals surface area contributed by atoms with Gasteiger partial charge in [0.15, 0.2) is 5.13 Å². The highest BCUT2D eigenvalue weighted by Gasteiger charge is 2.27. The maximum Gasteiger partial charge on any atom is 0.410 e. The number of aromatic nitrogens is 4. The molecule has 4 aromatic rings. The Balaban J connectivity index is 1.32. The monoisotopic (exact) mass is 549 g/mol. The Kier molecular flexibility index (Phi) is 7.13. The van der Waals surface area contributed by atoms with E-state index < -0.39 is 11.5 Å². The lowest BCUT2D eigenvalue weighted by Gasteiger charge is -2.37. The number of thiazole rings is 1. The fourth-order valence-electron chi connectivity index (χ4n) is 4.57. The van der Waals surface area contributed by atoms with E-state index in [0.717, 1.165) is 16.7 Å². The van der Waals surface area contributed by atoms with Crippen molar-refractivity contribution in [3.8, 4) is 5.13 Å². The topological polar surface area (TPSA) is 115 Å². The number of para-hydroxylation sites is 2. The van der Waals surface area contributed by atoms with Crippen LogP contribution in [-0.4, -0.2) is 67.8 Å². The lowest BCUT2D eigenvalue weighted by molar-refractivity contribution is 0.0240. The Hall–Kier alpha value is -4.19. The number of carbonyl (C=O) groups is 2. The number of nitrogens with zero attached hydrogens (tertiary/aromatic N) is 6. The van der Waals surface area contributed by atoms with E-state index in [1.165, 1.54) is 11.3 Å². The molecule has 1 aliphatic rings. The fourth-order valence-corrected chi connectivity index (χ4v) is 5.38. The van der Waals surface area contributed by atoms with Crippen molar-refractivity contribution >= 4 is 45.7 Å². The van der Waals surface area contributed by atoms with Gasteiger partial charge in [-0.25, -0.2) is 19.1 Å². The number of nitrogens with one attached hydrogen (secondary N) is 1. The Bertz CT molecular complexity index is 1570. The molecule has 11 nitrogen and oxygen atoms in total. The smallest absolute Gasteiger partial charge is 0.410 e. The summed E-state index contributed by atoms with van der Waals surface area (Å²) < 4.78 is 8.71. The van der Waals surface area contributed by atoms with Gasteiger partial charge in [-0.1, -0.05) is 12.1 Å². The van der Waals surface area contributed by atoms with Crippen molar-refractivity contribution in [2.24, 2.45) is 0 Å². The van der Waals surface area contributed by atoms with Crippen LogP contribution in [0.1, 0.15) is 38.2 Å². The fraction of sp³-hybridized carbons (Fsp3) is 0.370. The highest BCUT2D eigenvalue weighted by atomic mass is 32.1. The number of amides is 2. The molecule has 1 aromatic carbocycles. The van der Waals surface area contributed by atoms with E-state index in [0.29, 0.717) is 43.5 Å². The van der Waals surface area contributed by atoms with Crippen molar-refractivity contribution in [2.45, 2.75) is 39.8 Å². The Morgan fingerprint density at radius 1 is 1.08 bits per heavy atom. The molecule has 4 heterocycles. The highest BCUT2D eigenvalue weighted by Crippen LogP contribution is 2.27. The van der Waals surface area contributed by atoms with Crippen LogP contribution in [0, 0.1) is 0 Å². The van der Waals surface area contributed by atoms with Crippen LogP contribution in [0.4, 0.5) is 16.2 Å². The van der Waals surface area contributed by atoms with Crippen molar-refractivity contribution in [3.63, 3.8) is 0 Å². The molecule has 0 spiro atoms. The van der Waals surface area contributed by atoms with E-state index in [9.17, 15) is 14.4 Å². The predicted octanol–water partition coefficient (Wildman–Crippen LogP) is 3.97. The third-order valence-electron chi connectivity index (χ3n) is 6.39. The number of aryl methyl sites for hydroxylation is 1. The molecular weight excluding hydrogens is 518 g/mol. The number of piperazine rings is 1. The molecule has 0 aliphatic carbocycles. The Labute approximate surface area is 229 Å². The molecule has 204 valence electrons. The van der Waals surface area contributed by atoms with Gasteiger partial charge in [-0.2, -0.15) is 0 Å². The third-order valence-corrected chi connectivity index (χ3v) is 7.21. The predicted molar refractivity (Wildman–Crippen MR) is 151 cm³/mol. The molecule has 0 unspecified atom stereocenters. The van der Waals surface area contributed by atoms with Crippen LogP contribution >= 0.6 is 11.3 Å². The number of benzene rings is 1. The standard InChI is InChI=1S/C27H31N7O4S/c1-5-33-21-8-6-7-9-22(21)34(25(33)36)24-30-19(17-39-24)23(35)29-18-16-28-11-10-20(18)31-12-14-32(15-13-31)26(37)38-27(2,3)4/h6-11,16-17H,5,12-15H2,1-4H3,(H,29,35). The van der Waals surface area contributed by atoms with Crippen molar-refractivity contribution in [2.75, 3.05) is 36.4 Å². The molecule has 1 saturated heterocycles. The SMILES string of the molecule is CCn1c(=O)n(-c2nc(C(=O)Nc3cnccc3N3CCN(C(=O)OC(C)(C)C)CC3)cs2)c2ccccc21. The van der Waals surface area contributed by atoms with Crippen molar-refractivity contribution in [3.05, 3.63) is 64.3 Å². The summed E-state index contributed by atoms with van der Waals surface area (Å²) in [6.45, 7) is 10.2. The zero-order valence-electron chi connectivity index (χ0n) is 22.4. The second-order valence-corrected chi connectivity index (χ2v) is 11.0. The van der Waals surface area contributed by atoms with Crippen LogP contribution in [0.5, 0.6) is 0 Å². The van der Waals surface area contributed by atoms with E-state index >= 15 is 0 Å². The Morgan fingerprint density at radius 3 is 2.49 bits per heavy atom. The minimum atomic E-state index is -0.548. The van der Waals surface area contributed by atoms with Gasteiger partial charge in [0.05, 0.1) is 28.6 Å². The van der Waals surface area contributed by atoms with Crippen molar-refractivity contribution in [1.29, 1.82) is 0 Å². The number of hydrogen-bond donors (Lipinski definition) is 1. The van der Waals surface area contributed by atoms with Gasteiger partial charge in [-0.3, -0.25) is 14.3 Å². The largest absolute Gasteiger partial charge is 0.444 e. The summed E-state index contributed by atoms with van der Waals surface area (Å²) in [4.78, 5) is 51.2. The molecule has 3 aromatic heterocycles. The number of fused-ring (bicyclic) bond motifs is 1. The van der Waals surface area contributed by atoms with E-state index in [4.69, 9.17) is 4.74 Å². The molecule has 2 amide bonds. The molecule has 12 heteroatoms. The van der Waals surface area contributed by atoms with E-state index in [2.05, 4.69) is 20.2 Å². The van der Waals surface area contributed by atoms with Crippen molar-refractivity contribution in [1.82, 2.24) is 24.0 Å². The summed E-state index contributed by atoms with van der Waals surface area (Å²) in [6.07, 6.45) is 2.94. The van der Waals surface area contributed by atoms with E-state index in [1.54, 1.807) is 31.8 Å². The van der Waals surface area contributed by atoms with Gasteiger partial charge in [-0.15, -0.1) is 11.3 Å². The first-order valence-electron chi connectivity index (χ1n) is 12.8. The lowest BCUT2D eigenvalue weighted by Crippen LogP contribution is -2.50. The third kappa shape index (κ3) is 5.37.